The first kappa shape index (κ1) is 23.1. The quantitative estimate of drug-likeness (QED) is 0.268. The zero-order valence-electron chi connectivity index (χ0n) is 20.4. The molecule has 3 heterocycles. The number of hydrogen-bond acceptors (Lipinski definition) is 5. The summed E-state index contributed by atoms with van der Waals surface area (Å²) in [5.74, 6) is -0.0571. The summed E-state index contributed by atoms with van der Waals surface area (Å²) < 4.78 is 1.17. The number of aromatic nitrogens is 1. The van der Waals surface area contributed by atoms with Crippen molar-refractivity contribution in [2.24, 2.45) is 0 Å². The van der Waals surface area contributed by atoms with Gasteiger partial charge in [0.15, 0.2) is 0 Å². The van der Waals surface area contributed by atoms with Crippen LogP contribution in [0.3, 0.4) is 0 Å². The van der Waals surface area contributed by atoms with E-state index in [0.717, 1.165) is 63.8 Å². The Morgan fingerprint density at radius 1 is 1.00 bits per heavy atom. The first-order chi connectivity index (χ1) is 17.5. The maximum Gasteiger partial charge on any atom is 0.256 e. The van der Waals surface area contributed by atoms with Crippen molar-refractivity contribution in [1.82, 2.24) is 9.88 Å². The van der Waals surface area contributed by atoms with Gasteiger partial charge in [0.2, 0.25) is 0 Å². The molecule has 1 aliphatic rings. The van der Waals surface area contributed by atoms with Crippen LogP contribution in [0.1, 0.15) is 37.5 Å². The number of hydrogen-bond donors (Lipinski definition) is 1. The van der Waals surface area contributed by atoms with Gasteiger partial charge in [-0.1, -0.05) is 60.2 Å². The number of thiophene rings is 1. The Morgan fingerprint density at radius 2 is 1.81 bits per heavy atom. The van der Waals surface area contributed by atoms with Crippen LogP contribution >= 0.6 is 22.7 Å². The molecule has 3 aromatic carbocycles. The van der Waals surface area contributed by atoms with Gasteiger partial charge >= 0.3 is 0 Å². The molecule has 0 fully saturated rings. The summed E-state index contributed by atoms with van der Waals surface area (Å²) in [5, 5.41) is 5.18. The van der Waals surface area contributed by atoms with Crippen LogP contribution in [-0.4, -0.2) is 22.3 Å². The van der Waals surface area contributed by atoms with Crippen molar-refractivity contribution < 1.29 is 4.79 Å². The molecule has 0 radical (unpaired) electrons. The maximum atomic E-state index is 13.4. The van der Waals surface area contributed by atoms with Gasteiger partial charge in [0.1, 0.15) is 10.0 Å². The summed E-state index contributed by atoms with van der Waals surface area (Å²) >= 11 is 3.41. The van der Waals surface area contributed by atoms with Crippen molar-refractivity contribution in [2.75, 3.05) is 11.9 Å². The van der Waals surface area contributed by atoms with Crippen LogP contribution in [0.15, 0.2) is 72.8 Å². The lowest BCUT2D eigenvalue weighted by Crippen LogP contribution is -2.29. The van der Waals surface area contributed by atoms with E-state index in [1.54, 1.807) is 22.7 Å². The number of anilines is 1. The van der Waals surface area contributed by atoms with E-state index in [1.807, 2.05) is 38.1 Å². The molecule has 180 valence electrons. The first-order valence-corrected chi connectivity index (χ1v) is 13.8. The van der Waals surface area contributed by atoms with E-state index < -0.39 is 0 Å². The minimum absolute atomic E-state index is 0.0571. The number of aryl methyl sites for hydroxylation is 2. The van der Waals surface area contributed by atoms with Crippen LogP contribution < -0.4 is 5.32 Å². The van der Waals surface area contributed by atoms with Crippen LogP contribution in [0.25, 0.3) is 20.8 Å². The van der Waals surface area contributed by atoms with Gasteiger partial charge in [0.25, 0.3) is 5.91 Å². The Labute approximate surface area is 219 Å². The lowest BCUT2D eigenvalue weighted by atomic mass is 10.0. The van der Waals surface area contributed by atoms with Crippen molar-refractivity contribution in [2.45, 2.75) is 33.4 Å². The smallest absolute Gasteiger partial charge is 0.256 e. The summed E-state index contributed by atoms with van der Waals surface area (Å²) in [6.45, 7) is 6.81. The molecule has 0 atom stereocenters. The summed E-state index contributed by atoms with van der Waals surface area (Å²) in [7, 11) is 0. The number of carbonyl (C=O) groups is 1. The number of thiazole rings is 1. The molecule has 1 N–H and O–H groups in total. The van der Waals surface area contributed by atoms with Gasteiger partial charge in [-0.05, 0) is 55.2 Å². The van der Waals surface area contributed by atoms with Gasteiger partial charge in [-0.3, -0.25) is 9.69 Å². The molecule has 0 aliphatic carbocycles. The molecule has 1 aliphatic heterocycles. The average molecular weight is 510 g/mol. The zero-order valence-corrected chi connectivity index (χ0v) is 22.0. The maximum absolute atomic E-state index is 13.4. The van der Waals surface area contributed by atoms with Crippen molar-refractivity contribution in [3.8, 4) is 10.6 Å². The normalized spacial score (nSPS) is 13.6. The molecule has 5 aromatic rings. The third kappa shape index (κ3) is 4.48. The highest BCUT2D eigenvalue weighted by atomic mass is 32.1. The van der Waals surface area contributed by atoms with Gasteiger partial charge in [0, 0.05) is 35.6 Å². The molecule has 0 spiro atoms. The molecule has 36 heavy (non-hydrogen) atoms. The molecular weight excluding hydrogens is 482 g/mol. The monoisotopic (exact) mass is 509 g/mol. The molecule has 4 nitrogen and oxygen atoms in total. The van der Waals surface area contributed by atoms with Gasteiger partial charge in [-0.2, -0.15) is 0 Å². The number of rotatable bonds is 5. The van der Waals surface area contributed by atoms with Crippen LogP contribution in [0, 0.1) is 13.8 Å². The number of carbonyl (C=O) groups excluding carboxylic acids is 1. The van der Waals surface area contributed by atoms with E-state index in [-0.39, 0.29) is 5.91 Å². The Morgan fingerprint density at radius 3 is 2.64 bits per heavy atom. The van der Waals surface area contributed by atoms with E-state index in [2.05, 4.69) is 58.7 Å². The second-order valence-corrected chi connectivity index (χ2v) is 11.5. The molecule has 0 bridgehead atoms. The largest absolute Gasteiger partial charge is 0.313 e. The topological polar surface area (TPSA) is 45.2 Å². The second kappa shape index (κ2) is 9.62. The molecule has 6 heteroatoms. The fourth-order valence-corrected chi connectivity index (χ4v) is 7.27. The fourth-order valence-electron chi connectivity index (χ4n) is 4.88. The van der Waals surface area contributed by atoms with Crippen LogP contribution in [0.2, 0.25) is 0 Å². The average Bonchev–Trinajstić information content (AvgIpc) is 3.46. The first-order valence-electron chi connectivity index (χ1n) is 12.2. The number of nitrogens with zero attached hydrogens (tertiary/aromatic N) is 2. The third-order valence-corrected chi connectivity index (χ3v) is 8.94. The van der Waals surface area contributed by atoms with Crippen LogP contribution in [0.4, 0.5) is 5.00 Å². The van der Waals surface area contributed by atoms with Gasteiger partial charge < -0.3 is 5.32 Å². The minimum Gasteiger partial charge on any atom is -0.313 e. The number of para-hydroxylation sites is 1. The Balaban J connectivity index is 1.38. The van der Waals surface area contributed by atoms with E-state index in [9.17, 15) is 4.79 Å². The second-order valence-electron chi connectivity index (χ2n) is 9.41. The minimum atomic E-state index is -0.0571. The van der Waals surface area contributed by atoms with Crippen LogP contribution in [0.5, 0.6) is 0 Å². The van der Waals surface area contributed by atoms with E-state index in [4.69, 9.17) is 4.98 Å². The van der Waals surface area contributed by atoms with Gasteiger partial charge in [-0.15, -0.1) is 22.7 Å². The standard InChI is InChI=1S/C30H27N3OS2/c1-19-12-13-20(2)23(16-19)28(34)32-30-27(29-31-24-10-6-7-11-25(24)35-29)22-14-15-33(18-26(22)36-30)17-21-8-4-3-5-9-21/h3-13,16H,14-15,17-18H2,1-2H3,(H,32,34). The Hall–Kier alpha value is -3.32. The third-order valence-electron chi connectivity index (χ3n) is 6.76. The highest BCUT2D eigenvalue weighted by molar-refractivity contribution is 7.23. The molecular formula is C30H27N3OS2. The molecule has 0 unspecified atom stereocenters. The number of nitrogens with one attached hydrogen (secondary N) is 1. The van der Waals surface area contributed by atoms with E-state index in [0.29, 0.717) is 0 Å². The van der Waals surface area contributed by atoms with Crippen LogP contribution in [-0.2, 0) is 19.5 Å². The molecule has 2 aromatic heterocycles. The highest BCUT2D eigenvalue weighted by Crippen LogP contribution is 2.46. The SMILES string of the molecule is Cc1ccc(C)c(C(=O)Nc2sc3c(c2-c2nc4ccccc4s2)CCN(Cc2ccccc2)C3)c1. The summed E-state index contributed by atoms with van der Waals surface area (Å²) in [4.78, 5) is 22.2. The predicted octanol–water partition coefficient (Wildman–Crippen LogP) is 7.45. The lowest BCUT2D eigenvalue weighted by Gasteiger charge is -2.27. The van der Waals surface area contributed by atoms with Gasteiger partial charge in [0.05, 0.1) is 10.2 Å². The number of fused-ring (bicyclic) bond motifs is 2. The summed E-state index contributed by atoms with van der Waals surface area (Å²) in [6.07, 6.45) is 0.948. The Bertz CT molecular complexity index is 1540. The predicted molar refractivity (Wildman–Crippen MR) is 151 cm³/mol. The summed E-state index contributed by atoms with van der Waals surface area (Å²) in [6, 6.07) is 24.9. The lowest BCUT2D eigenvalue weighted by molar-refractivity contribution is 0.102. The Kier molecular flexibility index (Phi) is 6.17. The van der Waals surface area contributed by atoms with E-state index in [1.165, 1.54) is 20.7 Å². The zero-order chi connectivity index (χ0) is 24.6. The molecule has 1 amide bonds. The molecule has 6 rings (SSSR count). The fraction of sp³-hybridized carbons (Fsp3) is 0.200. The molecule has 0 saturated heterocycles. The molecule has 0 saturated carbocycles. The van der Waals surface area contributed by atoms with Crippen molar-refractivity contribution >= 4 is 43.8 Å². The summed E-state index contributed by atoms with van der Waals surface area (Å²) in [5.41, 5.74) is 7.56. The number of amides is 1. The highest BCUT2D eigenvalue weighted by Gasteiger charge is 2.28. The van der Waals surface area contributed by atoms with Gasteiger partial charge in [-0.25, -0.2) is 4.98 Å². The van der Waals surface area contributed by atoms with Crippen molar-refractivity contribution in [3.63, 3.8) is 0 Å². The number of benzene rings is 3. The van der Waals surface area contributed by atoms with Crippen molar-refractivity contribution in [1.29, 1.82) is 0 Å². The van der Waals surface area contributed by atoms with E-state index >= 15 is 0 Å². The van der Waals surface area contributed by atoms with Crippen molar-refractivity contribution in [3.05, 3.63) is 105 Å².